The lowest BCUT2D eigenvalue weighted by atomic mass is 10.2. The van der Waals surface area contributed by atoms with Crippen LogP contribution in [0.1, 0.15) is 0 Å². The summed E-state index contributed by atoms with van der Waals surface area (Å²) in [6.45, 7) is 3.89. The highest BCUT2D eigenvalue weighted by Gasteiger charge is 2.19. The quantitative estimate of drug-likeness (QED) is 0.322. The van der Waals surface area contributed by atoms with Crippen molar-refractivity contribution in [3.8, 4) is 0 Å². The molecule has 4 aromatic rings. The van der Waals surface area contributed by atoms with Crippen LogP contribution in [0, 0.1) is 0 Å². The van der Waals surface area contributed by atoms with E-state index >= 15 is 0 Å². The lowest BCUT2D eigenvalue weighted by Crippen LogP contribution is -2.44. The van der Waals surface area contributed by atoms with Crippen molar-refractivity contribution < 1.29 is 8.42 Å². The van der Waals surface area contributed by atoms with Gasteiger partial charge in [-0.15, -0.1) is 0 Å². The summed E-state index contributed by atoms with van der Waals surface area (Å²) in [5.41, 5.74) is 2.29. The van der Waals surface area contributed by atoms with Gasteiger partial charge in [0.05, 0.1) is 39.9 Å². The van der Waals surface area contributed by atoms with E-state index in [0.717, 1.165) is 43.9 Å². The summed E-state index contributed by atoms with van der Waals surface area (Å²) in [5.74, 6) is 1.69. The van der Waals surface area contributed by atoms with Crippen molar-refractivity contribution in [3.05, 3.63) is 53.8 Å². The molecular weight excluding hydrogens is 514 g/mol. The van der Waals surface area contributed by atoms with Crippen LogP contribution in [0.25, 0.3) is 11.0 Å². The van der Waals surface area contributed by atoms with Crippen LogP contribution < -0.4 is 19.8 Å². The minimum absolute atomic E-state index is 0.330. The first-order valence-corrected chi connectivity index (χ1v) is 13.9. The summed E-state index contributed by atoms with van der Waals surface area (Å²) in [4.78, 5) is 21.5. The average molecular weight is 542 g/mol. The number of piperazine rings is 1. The SMILES string of the molecule is CN1CCN(c2ccc(Nc3nc(Nc4ccccc4N(C)S(C)(=O)=O)c4c(Cl)c[nH]c4n3)cn2)CC1. The molecule has 1 aromatic carbocycles. The molecule has 0 spiro atoms. The average Bonchev–Trinajstić information content (AvgIpc) is 3.25. The lowest BCUT2D eigenvalue weighted by Gasteiger charge is -2.33. The normalized spacial score (nSPS) is 14.6. The number of para-hydroxylation sites is 2. The highest BCUT2D eigenvalue weighted by Crippen LogP contribution is 2.35. The van der Waals surface area contributed by atoms with Gasteiger partial charge in [0, 0.05) is 39.4 Å². The van der Waals surface area contributed by atoms with Crippen LogP contribution in [0.3, 0.4) is 0 Å². The zero-order valence-corrected chi connectivity index (χ0v) is 22.3. The number of likely N-dealkylation sites (N-methyl/N-ethyl adjacent to an activating group) is 1. The molecule has 1 aliphatic rings. The molecule has 0 atom stereocenters. The van der Waals surface area contributed by atoms with Gasteiger partial charge >= 0.3 is 0 Å². The van der Waals surface area contributed by atoms with E-state index in [2.05, 4.69) is 47.4 Å². The number of hydrogen-bond donors (Lipinski definition) is 3. The monoisotopic (exact) mass is 541 g/mol. The zero-order valence-electron chi connectivity index (χ0n) is 20.7. The second-order valence-corrected chi connectivity index (χ2v) is 11.4. The maximum atomic E-state index is 12.2. The molecule has 0 radical (unpaired) electrons. The number of sulfonamides is 1. The van der Waals surface area contributed by atoms with Gasteiger partial charge in [0.2, 0.25) is 16.0 Å². The molecule has 13 heteroatoms. The van der Waals surface area contributed by atoms with Crippen molar-refractivity contribution in [2.45, 2.75) is 0 Å². The van der Waals surface area contributed by atoms with Crippen molar-refractivity contribution in [1.29, 1.82) is 0 Å². The lowest BCUT2D eigenvalue weighted by molar-refractivity contribution is 0.312. The minimum Gasteiger partial charge on any atom is -0.354 e. The van der Waals surface area contributed by atoms with Gasteiger partial charge in [-0.25, -0.2) is 13.4 Å². The number of H-pyrrole nitrogens is 1. The Morgan fingerprint density at radius 1 is 1.05 bits per heavy atom. The van der Waals surface area contributed by atoms with Crippen LogP contribution in [0.4, 0.5) is 34.6 Å². The van der Waals surface area contributed by atoms with Crippen LogP contribution in [0.5, 0.6) is 0 Å². The first kappa shape index (κ1) is 25.1. The van der Waals surface area contributed by atoms with E-state index < -0.39 is 10.0 Å². The van der Waals surface area contributed by atoms with Crippen LogP contribution >= 0.6 is 11.6 Å². The molecule has 0 saturated carbocycles. The Bertz CT molecular complexity index is 1520. The fourth-order valence-corrected chi connectivity index (χ4v) is 4.86. The largest absolute Gasteiger partial charge is 0.354 e. The summed E-state index contributed by atoms with van der Waals surface area (Å²) in [7, 11) is 0.152. The summed E-state index contributed by atoms with van der Waals surface area (Å²) < 4.78 is 25.6. The predicted molar refractivity (Wildman–Crippen MR) is 149 cm³/mol. The van der Waals surface area contributed by atoms with Gasteiger partial charge in [-0.05, 0) is 31.3 Å². The summed E-state index contributed by atoms with van der Waals surface area (Å²) in [5, 5.41) is 7.49. The molecule has 11 nitrogen and oxygen atoms in total. The Balaban J connectivity index is 1.43. The van der Waals surface area contributed by atoms with Crippen LogP contribution in [0.15, 0.2) is 48.8 Å². The molecule has 0 bridgehead atoms. The fourth-order valence-electron chi connectivity index (χ4n) is 4.11. The topological polar surface area (TPSA) is 122 Å². The Morgan fingerprint density at radius 2 is 1.81 bits per heavy atom. The number of nitrogens with zero attached hydrogens (tertiary/aromatic N) is 6. The third-order valence-electron chi connectivity index (χ3n) is 6.31. The number of halogens is 1. The number of benzene rings is 1. The number of anilines is 6. The van der Waals surface area contributed by atoms with Crippen LogP contribution in [-0.2, 0) is 10.0 Å². The van der Waals surface area contributed by atoms with Crippen LogP contribution in [0.2, 0.25) is 5.02 Å². The number of aromatic nitrogens is 4. The number of hydrogen-bond acceptors (Lipinski definition) is 9. The van der Waals surface area contributed by atoms with Gasteiger partial charge in [-0.2, -0.15) is 9.97 Å². The molecule has 1 saturated heterocycles. The molecule has 194 valence electrons. The number of pyridine rings is 1. The number of aromatic amines is 1. The van der Waals surface area contributed by atoms with Crippen molar-refractivity contribution in [2.24, 2.45) is 0 Å². The number of rotatable bonds is 7. The number of nitrogens with one attached hydrogen (secondary N) is 3. The Kier molecular flexibility index (Phi) is 6.80. The second kappa shape index (κ2) is 10.0. The molecule has 0 amide bonds. The van der Waals surface area contributed by atoms with Crippen molar-refractivity contribution >= 4 is 67.3 Å². The molecule has 1 aliphatic heterocycles. The Morgan fingerprint density at radius 3 is 2.51 bits per heavy atom. The minimum atomic E-state index is -3.47. The third-order valence-corrected chi connectivity index (χ3v) is 7.80. The predicted octanol–water partition coefficient (Wildman–Crippen LogP) is 3.64. The van der Waals surface area contributed by atoms with E-state index in [1.54, 1.807) is 30.6 Å². The van der Waals surface area contributed by atoms with Gasteiger partial charge in [0.15, 0.2) is 0 Å². The third kappa shape index (κ3) is 5.41. The van der Waals surface area contributed by atoms with E-state index in [4.69, 9.17) is 11.6 Å². The molecule has 0 aliphatic carbocycles. The standard InChI is InChI=1S/C24H28ClN9O2S/c1-32-10-12-34(13-11-32)20-9-8-16(14-26-20)28-24-30-22-21(17(25)15-27-22)23(31-24)29-18-6-4-5-7-19(18)33(2)37(3,35)36/h4-9,14-15H,10-13H2,1-3H3,(H3,27,28,29,30,31). The van der Waals surface area contributed by atoms with Crippen molar-refractivity contribution in [2.75, 3.05) is 66.4 Å². The molecule has 37 heavy (non-hydrogen) atoms. The summed E-state index contributed by atoms with van der Waals surface area (Å²) >= 11 is 6.44. The van der Waals surface area contributed by atoms with E-state index in [-0.39, 0.29) is 0 Å². The van der Waals surface area contributed by atoms with Gasteiger partial charge in [-0.3, -0.25) is 4.31 Å². The molecule has 5 rings (SSSR count). The van der Waals surface area contributed by atoms with Crippen LogP contribution in [-0.4, -0.2) is 79.8 Å². The maximum Gasteiger partial charge on any atom is 0.232 e. The molecule has 1 fully saturated rings. The van der Waals surface area contributed by atoms with Gasteiger partial charge in [-0.1, -0.05) is 23.7 Å². The van der Waals surface area contributed by atoms with E-state index in [1.165, 1.54) is 11.4 Å². The summed E-state index contributed by atoms with van der Waals surface area (Å²) in [6, 6.07) is 11.0. The maximum absolute atomic E-state index is 12.2. The van der Waals surface area contributed by atoms with E-state index in [9.17, 15) is 8.42 Å². The van der Waals surface area contributed by atoms with Gasteiger partial charge < -0.3 is 25.4 Å². The second-order valence-electron chi connectivity index (χ2n) is 8.95. The molecule has 4 heterocycles. The molecule has 3 aromatic heterocycles. The smallest absolute Gasteiger partial charge is 0.232 e. The zero-order chi connectivity index (χ0) is 26.2. The summed E-state index contributed by atoms with van der Waals surface area (Å²) in [6.07, 6.45) is 4.55. The Labute approximate surface area is 220 Å². The van der Waals surface area contributed by atoms with Gasteiger partial charge in [0.25, 0.3) is 0 Å². The Hall–Kier alpha value is -3.61. The van der Waals surface area contributed by atoms with Crippen molar-refractivity contribution in [3.63, 3.8) is 0 Å². The molecule has 0 unspecified atom stereocenters. The highest BCUT2D eigenvalue weighted by atomic mass is 35.5. The highest BCUT2D eigenvalue weighted by molar-refractivity contribution is 7.92. The first-order chi connectivity index (χ1) is 17.7. The van der Waals surface area contributed by atoms with E-state index in [0.29, 0.717) is 39.2 Å². The molecule has 3 N–H and O–H groups in total. The van der Waals surface area contributed by atoms with E-state index in [1.807, 2.05) is 18.2 Å². The number of fused-ring (bicyclic) bond motifs is 1. The van der Waals surface area contributed by atoms with Crippen molar-refractivity contribution in [1.82, 2.24) is 24.8 Å². The first-order valence-electron chi connectivity index (χ1n) is 11.7. The molecular formula is C24H28ClN9O2S. The fraction of sp³-hybridized carbons (Fsp3) is 0.292. The van der Waals surface area contributed by atoms with Gasteiger partial charge in [0.1, 0.15) is 17.3 Å².